The first-order chi connectivity index (χ1) is 10.3. The lowest BCUT2D eigenvalue weighted by atomic mass is 10.3. The zero-order valence-corrected chi connectivity index (χ0v) is 12.9. The number of thiophene rings is 1. The molecule has 0 amide bonds. The molecule has 21 heavy (non-hydrogen) atoms. The van der Waals surface area contributed by atoms with Crippen molar-refractivity contribution in [2.24, 2.45) is 0 Å². The van der Waals surface area contributed by atoms with Gasteiger partial charge in [-0.25, -0.2) is 9.97 Å². The minimum atomic E-state index is 0.678. The monoisotopic (exact) mass is 302 g/mol. The highest BCUT2D eigenvalue weighted by Crippen LogP contribution is 2.29. The van der Waals surface area contributed by atoms with Crippen molar-refractivity contribution < 1.29 is 0 Å². The normalized spacial score (nSPS) is 11.0. The molecule has 0 aromatic carbocycles. The molecule has 0 aliphatic carbocycles. The first kappa shape index (κ1) is 13.8. The van der Waals surface area contributed by atoms with E-state index in [4.69, 9.17) is 0 Å². The summed E-state index contributed by atoms with van der Waals surface area (Å²) in [6.07, 6.45) is 5.56. The Morgan fingerprint density at radius 1 is 1.29 bits per heavy atom. The molecule has 3 aromatic heterocycles. The van der Waals surface area contributed by atoms with Crippen LogP contribution in [0.3, 0.4) is 0 Å². The first-order valence-corrected chi connectivity index (χ1v) is 7.79. The Morgan fingerprint density at radius 3 is 2.95 bits per heavy atom. The number of fused-ring (bicyclic) bond motifs is 1. The van der Waals surface area contributed by atoms with E-state index in [2.05, 4.69) is 38.6 Å². The second-order valence-corrected chi connectivity index (χ2v) is 5.96. The molecule has 0 aliphatic heterocycles. The molecule has 2 N–H and O–H groups in total. The lowest BCUT2D eigenvalue weighted by Gasteiger charge is -2.09. The van der Waals surface area contributed by atoms with Crippen molar-refractivity contribution in [3.8, 4) is 0 Å². The van der Waals surface area contributed by atoms with Gasteiger partial charge in [0.2, 0.25) is 5.95 Å². The van der Waals surface area contributed by atoms with E-state index in [1.54, 1.807) is 17.5 Å². The van der Waals surface area contributed by atoms with Crippen LogP contribution in [0.1, 0.15) is 11.8 Å². The number of rotatable bonds is 6. The van der Waals surface area contributed by atoms with Crippen LogP contribution in [0, 0.1) is 6.92 Å². The highest BCUT2D eigenvalue weighted by molar-refractivity contribution is 7.18. The summed E-state index contributed by atoms with van der Waals surface area (Å²) in [4.78, 5) is 15.4. The molecular formula is C14H18N6S. The van der Waals surface area contributed by atoms with Gasteiger partial charge in [-0.2, -0.15) is 4.98 Å². The van der Waals surface area contributed by atoms with Crippen molar-refractivity contribution in [2.45, 2.75) is 20.4 Å². The molecule has 0 fully saturated rings. The smallest absolute Gasteiger partial charge is 0.226 e. The van der Waals surface area contributed by atoms with Crippen molar-refractivity contribution >= 4 is 33.3 Å². The third-order valence-corrected chi connectivity index (χ3v) is 4.02. The average molecular weight is 302 g/mol. The van der Waals surface area contributed by atoms with Crippen LogP contribution in [0.5, 0.6) is 0 Å². The van der Waals surface area contributed by atoms with Crippen molar-refractivity contribution in [2.75, 3.05) is 23.7 Å². The number of nitrogens with one attached hydrogen (secondary N) is 2. The number of nitrogens with zero attached hydrogens (tertiary/aromatic N) is 4. The molecule has 3 rings (SSSR count). The first-order valence-electron chi connectivity index (χ1n) is 6.98. The lowest BCUT2D eigenvalue weighted by Crippen LogP contribution is -2.12. The van der Waals surface area contributed by atoms with Gasteiger partial charge in [0.25, 0.3) is 0 Å². The summed E-state index contributed by atoms with van der Waals surface area (Å²) in [6, 6.07) is 2.13. The zero-order valence-electron chi connectivity index (χ0n) is 12.1. The van der Waals surface area contributed by atoms with Crippen LogP contribution >= 0.6 is 11.3 Å². The van der Waals surface area contributed by atoms with E-state index in [1.165, 1.54) is 4.88 Å². The predicted octanol–water partition coefficient (Wildman–Crippen LogP) is 2.74. The van der Waals surface area contributed by atoms with E-state index in [0.29, 0.717) is 5.95 Å². The van der Waals surface area contributed by atoms with Gasteiger partial charge in [0.05, 0.1) is 11.7 Å². The van der Waals surface area contributed by atoms with Crippen LogP contribution in [0.25, 0.3) is 10.2 Å². The summed E-state index contributed by atoms with van der Waals surface area (Å²) in [7, 11) is 0. The van der Waals surface area contributed by atoms with Gasteiger partial charge in [0.1, 0.15) is 10.6 Å². The van der Waals surface area contributed by atoms with Crippen molar-refractivity contribution in [3.05, 3.63) is 29.7 Å². The third kappa shape index (κ3) is 3.13. The van der Waals surface area contributed by atoms with Gasteiger partial charge in [-0.3, -0.25) is 0 Å². The summed E-state index contributed by atoms with van der Waals surface area (Å²) >= 11 is 1.69. The van der Waals surface area contributed by atoms with E-state index in [-0.39, 0.29) is 0 Å². The van der Waals surface area contributed by atoms with E-state index in [0.717, 1.165) is 35.7 Å². The molecule has 0 saturated heterocycles. The van der Waals surface area contributed by atoms with Crippen molar-refractivity contribution in [1.29, 1.82) is 0 Å². The fraction of sp³-hybridized carbons (Fsp3) is 0.357. The number of hydrogen-bond donors (Lipinski definition) is 2. The molecule has 3 heterocycles. The molecule has 0 atom stereocenters. The van der Waals surface area contributed by atoms with E-state index < -0.39 is 0 Å². The number of anilines is 2. The number of imidazole rings is 1. The zero-order chi connectivity index (χ0) is 14.7. The molecule has 0 unspecified atom stereocenters. The summed E-state index contributed by atoms with van der Waals surface area (Å²) in [5.41, 5.74) is 0. The van der Waals surface area contributed by atoms with Gasteiger partial charge in [0.15, 0.2) is 0 Å². The fourth-order valence-electron chi connectivity index (χ4n) is 2.14. The highest BCUT2D eigenvalue weighted by Gasteiger charge is 2.10. The maximum atomic E-state index is 4.57. The Hall–Kier alpha value is -2.15. The standard InChI is InChI=1S/C14H18N6S/c1-3-16-14-18-12(11-8-10(2)21-13(11)19-14)17-5-7-20-6-4-15-9-20/h4,6,8-9H,3,5,7H2,1-2H3,(H2,16,17,18,19). The van der Waals surface area contributed by atoms with Crippen molar-refractivity contribution in [1.82, 2.24) is 19.5 Å². The Bertz CT molecular complexity index is 718. The van der Waals surface area contributed by atoms with Gasteiger partial charge < -0.3 is 15.2 Å². The second kappa shape index (κ2) is 6.09. The maximum absolute atomic E-state index is 4.57. The summed E-state index contributed by atoms with van der Waals surface area (Å²) < 4.78 is 2.04. The predicted molar refractivity (Wildman–Crippen MR) is 87.0 cm³/mol. The number of hydrogen-bond acceptors (Lipinski definition) is 6. The Morgan fingerprint density at radius 2 is 2.19 bits per heavy atom. The largest absolute Gasteiger partial charge is 0.368 e. The van der Waals surface area contributed by atoms with Gasteiger partial charge in [-0.15, -0.1) is 11.3 Å². The molecule has 0 bridgehead atoms. The van der Waals surface area contributed by atoms with Gasteiger partial charge in [-0.1, -0.05) is 0 Å². The van der Waals surface area contributed by atoms with Crippen LogP contribution in [0.2, 0.25) is 0 Å². The molecule has 0 saturated carbocycles. The minimum Gasteiger partial charge on any atom is -0.368 e. The summed E-state index contributed by atoms with van der Waals surface area (Å²) in [5.74, 6) is 1.57. The molecule has 7 heteroatoms. The third-order valence-electron chi connectivity index (χ3n) is 3.07. The fourth-order valence-corrected chi connectivity index (χ4v) is 3.02. The van der Waals surface area contributed by atoms with E-state index in [1.807, 2.05) is 24.0 Å². The Labute approximate surface area is 127 Å². The number of aryl methyl sites for hydroxylation is 1. The van der Waals surface area contributed by atoms with Crippen molar-refractivity contribution in [3.63, 3.8) is 0 Å². The van der Waals surface area contributed by atoms with E-state index >= 15 is 0 Å². The highest BCUT2D eigenvalue weighted by atomic mass is 32.1. The van der Waals surface area contributed by atoms with Gasteiger partial charge >= 0.3 is 0 Å². The van der Waals surface area contributed by atoms with Crippen LogP contribution in [-0.4, -0.2) is 32.6 Å². The topological polar surface area (TPSA) is 67.7 Å². The van der Waals surface area contributed by atoms with Crippen LogP contribution in [0.4, 0.5) is 11.8 Å². The molecule has 3 aromatic rings. The molecular weight excluding hydrogens is 284 g/mol. The van der Waals surface area contributed by atoms with Gasteiger partial charge in [0, 0.05) is 36.9 Å². The van der Waals surface area contributed by atoms with E-state index in [9.17, 15) is 0 Å². The lowest BCUT2D eigenvalue weighted by molar-refractivity contribution is 0.726. The van der Waals surface area contributed by atoms with Crippen LogP contribution < -0.4 is 10.6 Å². The quantitative estimate of drug-likeness (QED) is 0.733. The molecule has 110 valence electrons. The Kier molecular flexibility index (Phi) is 4.01. The maximum Gasteiger partial charge on any atom is 0.226 e. The molecule has 0 radical (unpaired) electrons. The Balaban J connectivity index is 1.81. The molecule has 6 nitrogen and oxygen atoms in total. The average Bonchev–Trinajstić information content (AvgIpc) is 3.07. The van der Waals surface area contributed by atoms with Gasteiger partial charge in [-0.05, 0) is 19.9 Å². The SMILES string of the molecule is CCNc1nc(NCCn2ccnc2)c2cc(C)sc2n1. The molecule has 0 aliphatic rings. The summed E-state index contributed by atoms with van der Waals surface area (Å²) in [6.45, 7) is 6.59. The van der Waals surface area contributed by atoms with Crippen LogP contribution in [0.15, 0.2) is 24.8 Å². The minimum absolute atomic E-state index is 0.678. The summed E-state index contributed by atoms with van der Waals surface area (Å²) in [5, 5.41) is 7.68. The van der Waals surface area contributed by atoms with Crippen LogP contribution in [-0.2, 0) is 6.54 Å². The molecule has 0 spiro atoms. The number of aromatic nitrogens is 4. The second-order valence-electron chi connectivity index (χ2n) is 4.73.